The van der Waals surface area contributed by atoms with E-state index in [2.05, 4.69) is 4.90 Å². The van der Waals surface area contributed by atoms with Crippen molar-refractivity contribution in [3.8, 4) is 5.75 Å². The molecule has 0 spiro atoms. The predicted octanol–water partition coefficient (Wildman–Crippen LogP) is 0.112. The predicted molar refractivity (Wildman–Crippen MR) is 61.5 cm³/mol. The summed E-state index contributed by atoms with van der Waals surface area (Å²) in [6, 6.07) is 7.21. The molecule has 4 heteroatoms. The third kappa shape index (κ3) is 4.29. The van der Waals surface area contributed by atoms with E-state index in [1.807, 2.05) is 12.1 Å². The van der Waals surface area contributed by atoms with Crippen molar-refractivity contribution in [2.45, 2.75) is 6.54 Å². The summed E-state index contributed by atoms with van der Waals surface area (Å²) in [6.07, 6.45) is 0. The zero-order chi connectivity index (χ0) is 11.1. The van der Waals surface area contributed by atoms with Crippen molar-refractivity contribution < 1.29 is 5.11 Å². The van der Waals surface area contributed by atoms with Crippen LogP contribution in [0.15, 0.2) is 24.3 Å². The maximum absolute atomic E-state index is 9.14. The fraction of sp³-hybridized carbons (Fsp3) is 0.455. The summed E-state index contributed by atoms with van der Waals surface area (Å²) in [7, 11) is 0. The first kappa shape index (κ1) is 12.0. The molecule has 0 amide bonds. The molecular weight excluding hydrogens is 190 g/mol. The van der Waals surface area contributed by atoms with Gasteiger partial charge in [-0.05, 0) is 17.7 Å². The van der Waals surface area contributed by atoms with Crippen LogP contribution in [0, 0.1) is 0 Å². The van der Waals surface area contributed by atoms with Crippen molar-refractivity contribution in [1.29, 1.82) is 0 Å². The molecule has 1 aromatic carbocycles. The number of rotatable bonds is 6. The molecule has 1 aromatic rings. The summed E-state index contributed by atoms with van der Waals surface area (Å²) >= 11 is 0. The molecule has 0 saturated carbocycles. The molecule has 0 atom stereocenters. The number of phenols is 1. The molecule has 0 heterocycles. The number of nitrogens with two attached hydrogens (primary N) is 2. The van der Waals surface area contributed by atoms with Crippen LogP contribution in [-0.4, -0.2) is 36.2 Å². The van der Waals surface area contributed by atoms with Gasteiger partial charge in [0.15, 0.2) is 0 Å². The second-order valence-corrected chi connectivity index (χ2v) is 3.52. The van der Waals surface area contributed by atoms with E-state index in [4.69, 9.17) is 16.6 Å². The van der Waals surface area contributed by atoms with Gasteiger partial charge in [0.1, 0.15) is 5.75 Å². The van der Waals surface area contributed by atoms with E-state index in [1.165, 1.54) is 0 Å². The van der Waals surface area contributed by atoms with Crippen LogP contribution in [0.4, 0.5) is 0 Å². The molecule has 0 radical (unpaired) electrons. The van der Waals surface area contributed by atoms with Crippen LogP contribution >= 0.6 is 0 Å². The van der Waals surface area contributed by atoms with Crippen molar-refractivity contribution >= 4 is 0 Å². The second kappa shape index (κ2) is 6.40. The Morgan fingerprint density at radius 2 is 1.53 bits per heavy atom. The first-order valence-electron chi connectivity index (χ1n) is 5.16. The van der Waals surface area contributed by atoms with Gasteiger partial charge < -0.3 is 16.6 Å². The zero-order valence-corrected chi connectivity index (χ0v) is 8.89. The molecule has 84 valence electrons. The van der Waals surface area contributed by atoms with E-state index in [0.29, 0.717) is 18.8 Å². The van der Waals surface area contributed by atoms with Crippen molar-refractivity contribution in [2.24, 2.45) is 11.5 Å². The number of phenolic OH excluding ortho intramolecular Hbond substituents is 1. The van der Waals surface area contributed by atoms with Crippen molar-refractivity contribution in [1.82, 2.24) is 4.90 Å². The lowest BCUT2D eigenvalue weighted by Gasteiger charge is -2.20. The number of benzene rings is 1. The highest BCUT2D eigenvalue weighted by molar-refractivity contribution is 5.25. The maximum atomic E-state index is 9.14. The normalized spacial score (nSPS) is 10.9. The average molecular weight is 209 g/mol. The third-order valence-corrected chi connectivity index (χ3v) is 2.23. The van der Waals surface area contributed by atoms with Crippen LogP contribution in [0.5, 0.6) is 5.75 Å². The lowest BCUT2D eigenvalue weighted by molar-refractivity contribution is 0.281. The van der Waals surface area contributed by atoms with Gasteiger partial charge in [0.05, 0.1) is 0 Å². The summed E-state index contributed by atoms with van der Waals surface area (Å²) in [6.45, 7) is 3.79. The molecule has 0 aliphatic rings. The summed E-state index contributed by atoms with van der Waals surface area (Å²) in [5, 5.41) is 9.14. The molecule has 0 saturated heterocycles. The largest absolute Gasteiger partial charge is 0.508 e. The van der Waals surface area contributed by atoms with Gasteiger partial charge in [-0.25, -0.2) is 0 Å². The van der Waals surface area contributed by atoms with E-state index < -0.39 is 0 Å². The molecule has 0 aromatic heterocycles. The van der Waals surface area contributed by atoms with E-state index in [9.17, 15) is 0 Å². The molecular formula is C11H19N3O. The molecule has 0 aliphatic heterocycles. The van der Waals surface area contributed by atoms with Gasteiger partial charge in [-0.3, -0.25) is 4.90 Å². The molecule has 0 unspecified atom stereocenters. The van der Waals surface area contributed by atoms with Gasteiger partial charge in [-0.15, -0.1) is 0 Å². The highest BCUT2D eigenvalue weighted by atomic mass is 16.3. The molecule has 0 bridgehead atoms. The highest BCUT2D eigenvalue weighted by Crippen LogP contribution is 2.11. The van der Waals surface area contributed by atoms with E-state index in [1.54, 1.807) is 12.1 Å². The Balaban J connectivity index is 2.53. The maximum Gasteiger partial charge on any atom is 0.115 e. The molecule has 15 heavy (non-hydrogen) atoms. The Hall–Kier alpha value is -1.10. The minimum absolute atomic E-state index is 0.294. The Kier molecular flexibility index (Phi) is 5.10. The molecule has 5 N–H and O–H groups in total. The van der Waals surface area contributed by atoms with Gasteiger partial charge in [0.2, 0.25) is 0 Å². The van der Waals surface area contributed by atoms with Gasteiger partial charge in [-0.2, -0.15) is 0 Å². The smallest absolute Gasteiger partial charge is 0.115 e. The first-order valence-corrected chi connectivity index (χ1v) is 5.16. The van der Waals surface area contributed by atoms with Crippen LogP contribution in [0.1, 0.15) is 5.56 Å². The van der Waals surface area contributed by atoms with Gasteiger partial charge in [-0.1, -0.05) is 12.1 Å². The Morgan fingerprint density at radius 3 is 2.00 bits per heavy atom. The Bertz CT molecular complexity index is 268. The van der Waals surface area contributed by atoms with Crippen LogP contribution in [0.3, 0.4) is 0 Å². The van der Waals surface area contributed by atoms with Crippen LogP contribution in [0.25, 0.3) is 0 Å². The van der Waals surface area contributed by atoms with Crippen molar-refractivity contribution in [3.63, 3.8) is 0 Å². The molecule has 4 nitrogen and oxygen atoms in total. The SMILES string of the molecule is NCCN(CCN)Cc1ccc(O)cc1. The standard InChI is InChI=1S/C11H19N3O/c12-5-7-14(8-6-13)9-10-1-3-11(15)4-2-10/h1-4,15H,5-9,12-13H2. The van der Waals surface area contributed by atoms with Crippen molar-refractivity contribution in [2.75, 3.05) is 26.2 Å². The molecule has 0 aliphatic carbocycles. The first-order chi connectivity index (χ1) is 7.26. The van der Waals surface area contributed by atoms with Crippen LogP contribution in [-0.2, 0) is 6.54 Å². The lowest BCUT2D eigenvalue weighted by atomic mass is 10.2. The fourth-order valence-electron chi connectivity index (χ4n) is 1.49. The van der Waals surface area contributed by atoms with E-state index >= 15 is 0 Å². The number of hydrogen-bond donors (Lipinski definition) is 3. The van der Waals surface area contributed by atoms with Gasteiger partial charge in [0, 0.05) is 32.7 Å². The summed E-state index contributed by atoms with van der Waals surface area (Å²) in [5.74, 6) is 0.294. The highest BCUT2D eigenvalue weighted by Gasteiger charge is 2.03. The van der Waals surface area contributed by atoms with Crippen LogP contribution < -0.4 is 11.5 Å². The molecule has 0 fully saturated rings. The Labute approximate surface area is 90.5 Å². The number of nitrogens with zero attached hydrogens (tertiary/aromatic N) is 1. The summed E-state index contributed by atoms with van der Waals surface area (Å²) in [4.78, 5) is 2.20. The Morgan fingerprint density at radius 1 is 1.00 bits per heavy atom. The van der Waals surface area contributed by atoms with E-state index in [-0.39, 0.29) is 0 Å². The quantitative estimate of drug-likeness (QED) is 0.621. The monoisotopic (exact) mass is 209 g/mol. The average Bonchev–Trinajstić information content (AvgIpc) is 2.22. The summed E-state index contributed by atoms with van der Waals surface area (Å²) < 4.78 is 0. The van der Waals surface area contributed by atoms with Crippen LogP contribution in [0.2, 0.25) is 0 Å². The van der Waals surface area contributed by atoms with Gasteiger partial charge >= 0.3 is 0 Å². The lowest BCUT2D eigenvalue weighted by Crippen LogP contribution is -2.33. The fourth-order valence-corrected chi connectivity index (χ4v) is 1.49. The second-order valence-electron chi connectivity index (χ2n) is 3.52. The molecule has 1 rings (SSSR count). The number of aromatic hydroxyl groups is 1. The van der Waals surface area contributed by atoms with Gasteiger partial charge in [0.25, 0.3) is 0 Å². The minimum Gasteiger partial charge on any atom is -0.508 e. The topological polar surface area (TPSA) is 75.5 Å². The van der Waals surface area contributed by atoms with Crippen molar-refractivity contribution in [3.05, 3.63) is 29.8 Å². The minimum atomic E-state index is 0.294. The zero-order valence-electron chi connectivity index (χ0n) is 8.89. The summed E-state index contributed by atoms with van der Waals surface area (Å²) in [5.41, 5.74) is 12.2. The number of hydrogen-bond acceptors (Lipinski definition) is 4. The van der Waals surface area contributed by atoms with E-state index in [0.717, 1.165) is 25.2 Å². The third-order valence-electron chi connectivity index (χ3n) is 2.23.